The van der Waals surface area contributed by atoms with Crippen LogP contribution in [0.4, 0.5) is 4.79 Å². The van der Waals surface area contributed by atoms with Gasteiger partial charge in [0.2, 0.25) is 0 Å². The van der Waals surface area contributed by atoms with Crippen molar-refractivity contribution in [3.63, 3.8) is 0 Å². The molecule has 4 rings (SSSR count). The van der Waals surface area contributed by atoms with Crippen LogP contribution in [-0.4, -0.2) is 41.2 Å². The Bertz CT molecular complexity index is 947. The molecule has 0 bridgehead atoms. The summed E-state index contributed by atoms with van der Waals surface area (Å²) in [5.41, 5.74) is 1.18. The van der Waals surface area contributed by atoms with Crippen molar-refractivity contribution < 1.29 is 19.4 Å². The van der Waals surface area contributed by atoms with Crippen LogP contribution in [0.15, 0.2) is 35.7 Å². The quantitative estimate of drug-likeness (QED) is 0.714. The van der Waals surface area contributed by atoms with Crippen LogP contribution in [-0.2, 0) is 22.2 Å². The Balaban J connectivity index is 1.39. The Kier molecular flexibility index (Phi) is 5.36. The van der Waals surface area contributed by atoms with Gasteiger partial charge in [0, 0.05) is 10.4 Å². The Labute approximate surface area is 180 Å². The number of fused-ring (bicyclic) bond motifs is 2. The second-order valence-electron chi connectivity index (χ2n) is 9.10. The molecule has 2 N–H and O–H groups in total. The predicted molar refractivity (Wildman–Crippen MR) is 116 cm³/mol. The molecule has 1 aliphatic heterocycles. The maximum absolute atomic E-state index is 13.2. The summed E-state index contributed by atoms with van der Waals surface area (Å²) in [4.78, 5) is 28.0. The summed E-state index contributed by atoms with van der Waals surface area (Å²) in [5, 5.41) is 15.3. The number of nitrogens with zero attached hydrogens (tertiary/aromatic N) is 1. The number of nitrogens with one attached hydrogen (secondary N) is 1. The third-order valence-corrected chi connectivity index (χ3v) is 6.87. The molecule has 7 heteroatoms. The number of carbonyl (C=O) groups is 2. The molecule has 1 aromatic carbocycles. The van der Waals surface area contributed by atoms with E-state index in [1.165, 1.54) is 5.56 Å². The number of aryl methyl sites for hydroxylation is 1. The van der Waals surface area contributed by atoms with Crippen molar-refractivity contribution in [2.24, 2.45) is 0 Å². The monoisotopic (exact) mass is 428 g/mol. The molecule has 160 valence electrons. The highest BCUT2D eigenvalue weighted by atomic mass is 32.1. The first-order chi connectivity index (χ1) is 14.2. The smallest absolute Gasteiger partial charge is 0.325 e. The Morgan fingerprint density at radius 2 is 1.97 bits per heavy atom. The average Bonchev–Trinajstić information content (AvgIpc) is 3.27. The van der Waals surface area contributed by atoms with Crippen molar-refractivity contribution in [3.05, 3.63) is 51.7 Å². The van der Waals surface area contributed by atoms with Crippen molar-refractivity contribution in [2.75, 3.05) is 13.2 Å². The van der Waals surface area contributed by atoms with Gasteiger partial charge in [-0.25, -0.2) is 4.79 Å². The molecule has 30 heavy (non-hydrogen) atoms. The number of hydrogen-bond acceptors (Lipinski definition) is 5. The maximum Gasteiger partial charge on any atom is 0.325 e. The van der Waals surface area contributed by atoms with E-state index in [-0.39, 0.29) is 24.5 Å². The molecule has 1 saturated heterocycles. The number of urea groups is 1. The van der Waals surface area contributed by atoms with Crippen LogP contribution in [0.5, 0.6) is 5.75 Å². The lowest BCUT2D eigenvalue weighted by atomic mass is 9.80. The number of thiophene rings is 1. The number of rotatable bonds is 5. The van der Waals surface area contributed by atoms with Gasteiger partial charge in [-0.15, -0.1) is 11.3 Å². The fourth-order valence-electron chi connectivity index (χ4n) is 4.21. The van der Waals surface area contributed by atoms with Gasteiger partial charge in [0.15, 0.2) is 0 Å². The summed E-state index contributed by atoms with van der Waals surface area (Å²) in [6.07, 6.45) is 1.40. The van der Waals surface area contributed by atoms with Crippen molar-refractivity contribution in [3.8, 4) is 5.75 Å². The SMILES string of the molecule is CC(C)(C)c1ccc(OC[C@H](O)CN2C(=O)N[C@@]3(CCCc4sccc43)C2=O)cc1. The van der Waals surface area contributed by atoms with E-state index in [1.54, 1.807) is 11.3 Å². The second-order valence-corrected chi connectivity index (χ2v) is 10.1. The molecular formula is C23H28N2O4S. The van der Waals surface area contributed by atoms with Crippen LogP contribution >= 0.6 is 11.3 Å². The van der Waals surface area contributed by atoms with E-state index in [4.69, 9.17) is 4.74 Å². The normalized spacial score (nSPS) is 22.2. The topological polar surface area (TPSA) is 78.9 Å². The number of ether oxygens (including phenoxy) is 1. The number of amides is 3. The van der Waals surface area contributed by atoms with Crippen molar-refractivity contribution in [1.29, 1.82) is 0 Å². The van der Waals surface area contributed by atoms with E-state index in [1.807, 2.05) is 35.7 Å². The molecule has 1 spiro atoms. The molecule has 2 atom stereocenters. The minimum atomic E-state index is -0.978. The van der Waals surface area contributed by atoms with Gasteiger partial charge in [0.25, 0.3) is 5.91 Å². The van der Waals surface area contributed by atoms with Gasteiger partial charge in [-0.1, -0.05) is 32.9 Å². The highest BCUT2D eigenvalue weighted by Crippen LogP contribution is 2.42. The van der Waals surface area contributed by atoms with Crippen molar-refractivity contribution in [2.45, 2.75) is 57.1 Å². The Hall–Kier alpha value is -2.38. The summed E-state index contributed by atoms with van der Waals surface area (Å²) >= 11 is 1.62. The third kappa shape index (κ3) is 3.72. The molecule has 1 aliphatic carbocycles. The van der Waals surface area contributed by atoms with Gasteiger partial charge in [0.05, 0.1) is 6.54 Å². The molecular weight excluding hydrogens is 400 g/mol. The number of β-amino-alcohol motifs (C(OH)–C–C–N with tert-alkyl or cyclic N) is 1. The summed E-state index contributed by atoms with van der Waals surface area (Å²) in [7, 11) is 0. The van der Waals surface area contributed by atoms with Gasteiger partial charge in [-0.2, -0.15) is 0 Å². The number of benzene rings is 1. The van der Waals surface area contributed by atoms with Crippen molar-refractivity contribution >= 4 is 23.3 Å². The zero-order chi connectivity index (χ0) is 21.5. The minimum Gasteiger partial charge on any atom is -0.491 e. The standard InChI is InChI=1S/C23H28N2O4S/c1-22(2,3)15-6-8-17(9-7-15)29-14-16(26)13-25-20(27)23(24-21(25)28)11-4-5-19-18(23)10-12-30-19/h6-10,12,16,26H,4-5,11,13-14H2,1-3H3,(H,24,28)/t16-,23-/m1/s1. The number of hydrogen-bond donors (Lipinski definition) is 2. The zero-order valence-electron chi connectivity index (χ0n) is 17.6. The summed E-state index contributed by atoms with van der Waals surface area (Å²) in [5.74, 6) is 0.367. The van der Waals surface area contributed by atoms with Crippen LogP contribution in [0.3, 0.4) is 0 Å². The van der Waals surface area contributed by atoms with Crippen LogP contribution in [0.2, 0.25) is 0 Å². The first-order valence-electron chi connectivity index (χ1n) is 10.3. The van der Waals surface area contributed by atoms with Gasteiger partial charge in [-0.3, -0.25) is 9.69 Å². The molecule has 2 aromatic rings. The minimum absolute atomic E-state index is 0.00260. The highest BCUT2D eigenvalue weighted by Gasteiger charge is 2.54. The first kappa shape index (κ1) is 20.9. The highest BCUT2D eigenvalue weighted by molar-refractivity contribution is 7.10. The Morgan fingerprint density at radius 3 is 2.67 bits per heavy atom. The van der Waals surface area contributed by atoms with Crippen LogP contribution < -0.4 is 10.1 Å². The van der Waals surface area contributed by atoms with Crippen LogP contribution in [0, 0.1) is 0 Å². The van der Waals surface area contributed by atoms with E-state index in [2.05, 4.69) is 26.1 Å². The van der Waals surface area contributed by atoms with E-state index in [9.17, 15) is 14.7 Å². The summed E-state index contributed by atoms with van der Waals surface area (Å²) in [6, 6.07) is 9.23. The van der Waals surface area contributed by atoms with Gasteiger partial charge in [-0.05, 0) is 53.8 Å². The molecule has 0 saturated carbocycles. The van der Waals surface area contributed by atoms with Crippen molar-refractivity contribution in [1.82, 2.24) is 10.2 Å². The molecule has 1 fully saturated rings. The third-order valence-electron chi connectivity index (χ3n) is 5.89. The predicted octanol–water partition coefficient (Wildman–Crippen LogP) is 3.57. The van der Waals surface area contributed by atoms with E-state index in [0.717, 1.165) is 28.2 Å². The Morgan fingerprint density at radius 1 is 1.23 bits per heavy atom. The average molecular weight is 429 g/mol. The number of aliphatic hydroxyl groups excluding tert-OH is 1. The summed E-state index contributed by atoms with van der Waals surface area (Å²) < 4.78 is 5.68. The lowest BCUT2D eigenvalue weighted by Gasteiger charge is -2.31. The largest absolute Gasteiger partial charge is 0.491 e. The number of aliphatic hydroxyl groups is 1. The molecule has 2 heterocycles. The number of imide groups is 1. The van der Waals surface area contributed by atoms with E-state index < -0.39 is 17.7 Å². The zero-order valence-corrected chi connectivity index (χ0v) is 18.4. The number of carbonyl (C=O) groups excluding carboxylic acids is 2. The lowest BCUT2D eigenvalue weighted by Crippen LogP contribution is -2.46. The van der Waals surface area contributed by atoms with Crippen LogP contribution in [0.1, 0.15) is 49.6 Å². The fraction of sp³-hybridized carbons (Fsp3) is 0.478. The summed E-state index contributed by atoms with van der Waals surface area (Å²) in [6.45, 7) is 6.34. The molecule has 3 amide bonds. The molecule has 2 aliphatic rings. The van der Waals surface area contributed by atoms with Gasteiger partial charge in [0.1, 0.15) is 24.0 Å². The first-order valence-corrected chi connectivity index (χ1v) is 11.2. The molecule has 0 unspecified atom stereocenters. The second kappa shape index (κ2) is 7.71. The van der Waals surface area contributed by atoms with E-state index >= 15 is 0 Å². The maximum atomic E-state index is 13.2. The van der Waals surface area contributed by atoms with Crippen LogP contribution in [0.25, 0.3) is 0 Å². The lowest BCUT2D eigenvalue weighted by molar-refractivity contribution is -0.133. The molecule has 1 aromatic heterocycles. The fourth-order valence-corrected chi connectivity index (χ4v) is 5.21. The molecule has 6 nitrogen and oxygen atoms in total. The van der Waals surface area contributed by atoms with Gasteiger partial charge >= 0.3 is 6.03 Å². The van der Waals surface area contributed by atoms with E-state index in [0.29, 0.717) is 12.2 Å². The van der Waals surface area contributed by atoms with Gasteiger partial charge < -0.3 is 15.2 Å². The molecule has 0 radical (unpaired) electrons.